The van der Waals surface area contributed by atoms with Crippen LogP contribution >= 0.6 is 0 Å². The number of hydrogen-bond donors (Lipinski definition) is 0. The maximum absolute atomic E-state index is 4.22. The number of hydrogen-bond acceptors (Lipinski definition) is 3. The van der Waals surface area contributed by atoms with Gasteiger partial charge in [-0.1, -0.05) is 6.92 Å². The second kappa shape index (κ2) is 2.85. The molecule has 3 nitrogen and oxygen atoms in total. The van der Waals surface area contributed by atoms with E-state index in [1.54, 1.807) is 18.6 Å². The lowest BCUT2D eigenvalue weighted by atomic mass is 10.2. The smallest absolute Gasteiger partial charge is 0.107 e. The first-order chi connectivity index (χ1) is 5.90. The average Bonchev–Trinajstić information content (AvgIpc) is 2.17. The van der Waals surface area contributed by atoms with Crippen molar-refractivity contribution in [2.75, 3.05) is 0 Å². The van der Waals surface area contributed by atoms with Gasteiger partial charge in [-0.15, -0.1) is 0 Å². The van der Waals surface area contributed by atoms with Gasteiger partial charge < -0.3 is 0 Å². The minimum absolute atomic E-state index is 0.856. The third-order valence-corrected chi connectivity index (χ3v) is 1.77. The van der Waals surface area contributed by atoms with Crippen LogP contribution in [0.15, 0.2) is 24.7 Å². The standard InChI is InChI=1S/C9H9N3/c1-2-7-5-8-9(6-12-7)11-4-3-10-8/h3-6H,2H2,1H3. The third kappa shape index (κ3) is 1.13. The molecule has 60 valence electrons. The summed E-state index contributed by atoms with van der Waals surface area (Å²) in [5, 5.41) is 0. The molecular formula is C9H9N3. The highest BCUT2D eigenvalue weighted by molar-refractivity contribution is 5.72. The van der Waals surface area contributed by atoms with Crippen LogP contribution in [-0.2, 0) is 6.42 Å². The van der Waals surface area contributed by atoms with Crippen molar-refractivity contribution in [2.24, 2.45) is 0 Å². The molecule has 0 aliphatic heterocycles. The van der Waals surface area contributed by atoms with Crippen LogP contribution in [0.3, 0.4) is 0 Å². The lowest BCUT2D eigenvalue weighted by Gasteiger charge is -1.97. The summed E-state index contributed by atoms with van der Waals surface area (Å²) in [6.07, 6.45) is 6.07. The summed E-state index contributed by atoms with van der Waals surface area (Å²) in [4.78, 5) is 12.5. The van der Waals surface area contributed by atoms with Crippen molar-refractivity contribution in [3.8, 4) is 0 Å². The van der Waals surface area contributed by atoms with Gasteiger partial charge >= 0.3 is 0 Å². The lowest BCUT2D eigenvalue weighted by Crippen LogP contribution is -1.89. The van der Waals surface area contributed by atoms with Gasteiger partial charge in [0, 0.05) is 18.1 Å². The van der Waals surface area contributed by atoms with Crippen LogP contribution in [0.1, 0.15) is 12.6 Å². The molecule has 0 radical (unpaired) electrons. The number of pyridine rings is 1. The molecule has 2 heterocycles. The monoisotopic (exact) mass is 159 g/mol. The summed E-state index contributed by atoms with van der Waals surface area (Å²) in [7, 11) is 0. The Morgan fingerprint density at radius 1 is 1.08 bits per heavy atom. The molecule has 0 aliphatic carbocycles. The van der Waals surface area contributed by atoms with E-state index in [4.69, 9.17) is 0 Å². The molecule has 0 saturated heterocycles. The van der Waals surface area contributed by atoms with E-state index < -0.39 is 0 Å². The molecule has 0 saturated carbocycles. The highest BCUT2D eigenvalue weighted by Gasteiger charge is 1.96. The van der Waals surface area contributed by atoms with Gasteiger partial charge in [-0.2, -0.15) is 0 Å². The van der Waals surface area contributed by atoms with Crippen LogP contribution in [0.4, 0.5) is 0 Å². The molecule has 0 unspecified atom stereocenters. The molecule has 0 N–H and O–H groups in total. The van der Waals surface area contributed by atoms with Crippen molar-refractivity contribution >= 4 is 11.0 Å². The fourth-order valence-corrected chi connectivity index (χ4v) is 1.10. The van der Waals surface area contributed by atoms with Crippen LogP contribution in [0.25, 0.3) is 11.0 Å². The summed E-state index contributed by atoms with van der Waals surface area (Å²) in [5.74, 6) is 0. The van der Waals surface area contributed by atoms with E-state index in [9.17, 15) is 0 Å². The SMILES string of the molecule is CCc1cc2nccnc2cn1. The molecule has 2 aromatic heterocycles. The first-order valence-electron chi connectivity index (χ1n) is 3.96. The summed E-state index contributed by atoms with van der Waals surface area (Å²) in [5.41, 5.74) is 2.84. The van der Waals surface area contributed by atoms with Gasteiger partial charge in [-0.3, -0.25) is 15.0 Å². The summed E-state index contributed by atoms with van der Waals surface area (Å²) in [6, 6.07) is 1.97. The quantitative estimate of drug-likeness (QED) is 0.634. The van der Waals surface area contributed by atoms with E-state index in [-0.39, 0.29) is 0 Å². The maximum atomic E-state index is 4.22. The Hall–Kier alpha value is -1.51. The van der Waals surface area contributed by atoms with Gasteiger partial charge in [0.1, 0.15) is 5.52 Å². The summed E-state index contributed by atoms with van der Waals surface area (Å²) in [6.45, 7) is 2.07. The molecule has 0 aromatic carbocycles. The van der Waals surface area contributed by atoms with Crippen LogP contribution in [-0.4, -0.2) is 15.0 Å². The molecule has 0 atom stereocenters. The highest BCUT2D eigenvalue weighted by atomic mass is 14.8. The number of nitrogens with zero attached hydrogens (tertiary/aromatic N) is 3. The van der Waals surface area contributed by atoms with Crippen LogP contribution < -0.4 is 0 Å². The predicted octanol–water partition coefficient (Wildman–Crippen LogP) is 1.59. The lowest BCUT2D eigenvalue weighted by molar-refractivity contribution is 1.04. The Balaban J connectivity index is 2.67. The highest BCUT2D eigenvalue weighted by Crippen LogP contribution is 2.07. The minimum Gasteiger partial charge on any atom is -0.259 e. The van der Waals surface area contributed by atoms with E-state index in [2.05, 4.69) is 21.9 Å². The number of aromatic nitrogens is 3. The van der Waals surface area contributed by atoms with Gasteiger partial charge in [0.25, 0.3) is 0 Å². The topological polar surface area (TPSA) is 38.7 Å². The van der Waals surface area contributed by atoms with Crippen molar-refractivity contribution in [2.45, 2.75) is 13.3 Å². The molecule has 3 heteroatoms. The molecular weight excluding hydrogens is 150 g/mol. The Bertz CT molecular complexity index is 398. The fraction of sp³-hybridized carbons (Fsp3) is 0.222. The molecule has 0 spiro atoms. The van der Waals surface area contributed by atoms with Gasteiger partial charge in [0.15, 0.2) is 0 Å². The number of aryl methyl sites for hydroxylation is 1. The zero-order valence-electron chi connectivity index (χ0n) is 6.86. The summed E-state index contributed by atoms with van der Waals surface area (Å²) >= 11 is 0. The second-order valence-electron chi connectivity index (χ2n) is 2.57. The van der Waals surface area contributed by atoms with Crippen molar-refractivity contribution in [3.05, 3.63) is 30.4 Å². The van der Waals surface area contributed by atoms with E-state index >= 15 is 0 Å². The van der Waals surface area contributed by atoms with E-state index in [1.807, 2.05) is 6.07 Å². The van der Waals surface area contributed by atoms with Crippen molar-refractivity contribution in [1.29, 1.82) is 0 Å². The van der Waals surface area contributed by atoms with Gasteiger partial charge in [0.2, 0.25) is 0 Å². The van der Waals surface area contributed by atoms with Crippen LogP contribution in [0.5, 0.6) is 0 Å². The molecule has 2 rings (SSSR count). The van der Waals surface area contributed by atoms with Gasteiger partial charge in [-0.25, -0.2) is 0 Å². The van der Waals surface area contributed by atoms with E-state index in [0.717, 1.165) is 23.1 Å². The van der Waals surface area contributed by atoms with Crippen molar-refractivity contribution in [3.63, 3.8) is 0 Å². The first kappa shape index (κ1) is 7.16. The Morgan fingerprint density at radius 3 is 2.58 bits per heavy atom. The van der Waals surface area contributed by atoms with Crippen LogP contribution in [0, 0.1) is 0 Å². The Labute approximate surface area is 70.5 Å². The number of fused-ring (bicyclic) bond motifs is 1. The molecule has 0 amide bonds. The number of rotatable bonds is 1. The van der Waals surface area contributed by atoms with Crippen LogP contribution in [0.2, 0.25) is 0 Å². The first-order valence-corrected chi connectivity index (χ1v) is 3.96. The van der Waals surface area contributed by atoms with Crippen molar-refractivity contribution in [1.82, 2.24) is 15.0 Å². The Kier molecular flexibility index (Phi) is 1.70. The molecule has 0 bridgehead atoms. The molecule has 2 aromatic rings. The third-order valence-electron chi connectivity index (χ3n) is 1.77. The van der Waals surface area contributed by atoms with E-state index in [1.165, 1.54) is 0 Å². The second-order valence-corrected chi connectivity index (χ2v) is 2.57. The van der Waals surface area contributed by atoms with Gasteiger partial charge in [-0.05, 0) is 12.5 Å². The predicted molar refractivity (Wildman–Crippen MR) is 46.7 cm³/mol. The average molecular weight is 159 g/mol. The van der Waals surface area contributed by atoms with Crippen molar-refractivity contribution < 1.29 is 0 Å². The maximum Gasteiger partial charge on any atom is 0.107 e. The zero-order chi connectivity index (χ0) is 8.39. The minimum atomic E-state index is 0.856. The Morgan fingerprint density at radius 2 is 1.83 bits per heavy atom. The largest absolute Gasteiger partial charge is 0.259 e. The molecule has 0 aliphatic rings. The normalized spacial score (nSPS) is 10.4. The summed E-state index contributed by atoms with van der Waals surface area (Å²) < 4.78 is 0. The molecule has 0 fully saturated rings. The van der Waals surface area contributed by atoms with E-state index in [0.29, 0.717) is 0 Å². The zero-order valence-corrected chi connectivity index (χ0v) is 6.86. The molecule has 12 heavy (non-hydrogen) atoms. The fourth-order valence-electron chi connectivity index (χ4n) is 1.10. The van der Waals surface area contributed by atoms with Gasteiger partial charge in [0.05, 0.1) is 11.7 Å².